The number of aryl methyl sites for hydroxylation is 2. The van der Waals surface area contributed by atoms with Crippen LogP contribution in [0, 0.1) is 13.8 Å². The molecule has 0 aliphatic rings. The topological polar surface area (TPSA) is 105 Å². The Kier molecular flexibility index (Phi) is 10.1. The van der Waals surface area contributed by atoms with E-state index in [1.807, 2.05) is 19.9 Å². The molecule has 3 aromatic rings. The first-order valence-electron chi connectivity index (χ1n) is 12.5. The molecule has 0 bridgehead atoms. The number of carbonyl (C=O) groups is 2. The van der Waals surface area contributed by atoms with Crippen LogP contribution in [-0.4, -0.2) is 59.0 Å². The Morgan fingerprint density at radius 1 is 0.950 bits per heavy atom. The lowest BCUT2D eigenvalue weighted by atomic mass is 10.1. The fraction of sp³-hybridized carbons (Fsp3) is 0.310. The van der Waals surface area contributed by atoms with Gasteiger partial charge in [-0.05, 0) is 73.9 Å². The molecule has 2 amide bonds. The highest BCUT2D eigenvalue weighted by atomic mass is 35.5. The van der Waals surface area contributed by atoms with E-state index in [0.29, 0.717) is 22.0 Å². The number of amides is 2. The Morgan fingerprint density at radius 2 is 1.60 bits per heavy atom. The second kappa shape index (κ2) is 13.1. The molecule has 1 unspecified atom stereocenters. The smallest absolute Gasteiger partial charge is 0.264 e. The van der Waals surface area contributed by atoms with E-state index in [1.54, 1.807) is 43.3 Å². The number of likely N-dealkylation sites (N-methyl/N-ethyl adjacent to an activating group) is 1. The number of benzene rings is 3. The molecule has 1 atom stereocenters. The summed E-state index contributed by atoms with van der Waals surface area (Å²) in [5.41, 5.74) is 2.65. The zero-order valence-corrected chi connectivity index (χ0v) is 25.0. The Morgan fingerprint density at radius 3 is 2.17 bits per heavy atom. The van der Waals surface area contributed by atoms with Gasteiger partial charge in [0.2, 0.25) is 11.8 Å². The van der Waals surface area contributed by atoms with Crippen molar-refractivity contribution in [2.24, 2.45) is 0 Å². The Balaban J connectivity index is 2.11. The largest absolute Gasteiger partial charge is 0.493 e. The van der Waals surface area contributed by atoms with Crippen LogP contribution in [0.5, 0.6) is 11.5 Å². The molecular weight excluding hydrogens is 554 g/mol. The second-order valence-corrected chi connectivity index (χ2v) is 11.6. The molecule has 0 aromatic heterocycles. The van der Waals surface area contributed by atoms with Crippen LogP contribution in [0.4, 0.5) is 5.69 Å². The van der Waals surface area contributed by atoms with Crippen LogP contribution in [0.2, 0.25) is 5.02 Å². The van der Waals surface area contributed by atoms with Gasteiger partial charge in [-0.1, -0.05) is 29.8 Å². The van der Waals surface area contributed by atoms with Crippen LogP contribution in [-0.2, 0) is 26.2 Å². The summed E-state index contributed by atoms with van der Waals surface area (Å²) < 4.78 is 39.8. The second-order valence-electron chi connectivity index (χ2n) is 9.32. The molecule has 0 saturated heterocycles. The van der Waals surface area contributed by atoms with Gasteiger partial charge in [0.05, 0.1) is 24.8 Å². The monoisotopic (exact) mass is 587 g/mol. The molecule has 40 heavy (non-hydrogen) atoms. The Bertz CT molecular complexity index is 1470. The zero-order valence-electron chi connectivity index (χ0n) is 23.4. The number of methoxy groups -OCH3 is 2. The highest BCUT2D eigenvalue weighted by Gasteiger charge is 2.33. The summed E-state index contributed by atoms with van der Waals surface area (Å²) in [4.78, 5) is 27.8. The Hall–Kier alpha value is -3.76. The predicted molar refractivity (Wildman–Crippen MR) is 156 cm³/mol. The van der Waals surface area contributed by atoms with Crippen molar-refractivity contribution in [3.05, 3.63) is 82.4 Å². The third-order valence-electron chi connectivity index (χ3n) is 6.37. The van der Waals surface area contributed by atoms with E-state index >= 15 is 0 Å². The van der Waals surface area contributed by atoms with E-state index in [-0.39, 0.29) is 17.2 Å². The number of carbonyl (C=O) groups excluding carboxylic acids is 2. The van der Waals surface area contributed by atoms with Gasteiger partial charge in [0.25, 0.3) is 10.0 Å². The van der Waals surface area contributed by atoms with Crippen LogP contribution >= 0.6 is 11.6 Å². The summed E-state index contributed by atoms with van der Waals surface area (Å²) in [5.74, 6) is -0.371. The molecule has 1 N–H and O–H groups in total. The first-order chi connectivity index (χ1) is 18.9. The minimum Gasteiger partial charge on any atom is -0.493 e. The van der Waals surface area contributed by atoms with Crippen molar-refractivity contribution < 1.29 is 27.5 Å². The molecule has 11 heteroatoms. The Labute approximate surface area is 240 Å². The first kappa shape index (κ1) is 30.8. The third kappa shape index (κ3) is 7.05. The van der Waals surface area contributed by atoms with E-state index in [1.165, 1.54) is 44.4 Å². The highest BCUT2D eigenvalue weighted by molar-refractivity contribution is 7.92. The molecule has 0 saturated carbocycles. The third-order valence-corrected chi connectivity index (χ3v) is 8.38. The summed E-state index contributed by atoms with van der Waals surface area (Å²) in [6.07, 6.45) is 0. The summed E-state index contributed by atoms with van der Waals surface area (Å²) in [5, 5.41) is 3.04. The number of hydrogen-bond acceptors (Lipinski definition) is 6. The van der Waals surface area contributed by atoms with Gasteiger partial charge in [-0.2, -0.15) is 0 Å². The molecule has 214 valence electrons. The van der Waals surface area contributed by atoms with Crippen molar-refractivity contribution in [1.82, 2.24) is 10.2 Å². The van der Waals surface area contributed by atoms with Crippen LogP contribution in [0.25, 0.3) is 0 Å². The average molecular weight is 588 g/mol. The van der Waals surface area contributed by atoms with Crippen molar-refractivity contribution in [3.63, 3.8) is 0 Å². The van der Waals surface area contributed by atoms with E-state index in [4.69, 9.17) is 21.1 Å². The number of halogens is 1. The SMILES string of the molecule is CNC(=O)C(C)N(Cc1cccc(Cl)c1)C(=O)CN(c1cc(C)cc(C)c1)S(=O)(=O)c1ccc(OC)c(OC)c1. The number of nitrogens with one attached hydrogen (secondary N) is 1. The zero-order chi connectivity index (χ0) is 29.6. The normalized spacial score (nSPS) is 11.9. The van der Waals surface area contributed by atoms with Crippen molar-refractivity contribution in [2.75, 3.05) is 32.1 Å². The molecule has 3 rings (SSSR count). The summed E-state index contributed by atoms with van der Waals surface area (Å²) in [6.45, 7) is 4.77. The highest BCUT2D eigenvalue weighted by Crippen LogP contribution is 2.33. The first-order valence-corrected chi connectivity index (χ1v) is 14.3. The van der Waals surface area contributed by atoms with E-state index in [9.17, 15) is 18.0 Å². The summed E-state index contributed by atoms with van der Waals surface area (Å²) in [6, 6.07) is 15.6. The number of ether oxygens (including phenoxy) is 2. The van der Waals surface area contributed by atoms with Crippen molar-refractivity contribution in [1.29, 1.82) is 0 Å². The summed E-state index contributed by atoms with van der Waals surface area (Å²) in [7, 11) is 0.0632. The van der Waals surface area contributed by atoms with Crippen LogP contribution in [0.1, 0.15) is 23.6 Å². The minimum atomic E-state index is -4.28. The molecule has 0 radical (unpaired) electrons. The van der Waals surface area contributed by atoms with Gasteiger partial charge < -0.3 is 19.7 Å². The van der Waals surface area contributed by atoms with E-state index < -0.39 is 34.4 Å². The van der Waals surface area contributed by atoms with Crippen molar-refractivity contribution >= 4 is 39.1 Å². The van der Waals surface area contributed by atoms with Gasteiger partial charge in [-0.15, -0.1) is 0 Å². The van der Waals surface area contributed by atoms with Gasteiger partial charge in [0, 0.05) is 24.7 Å². The maximum absolute atomic E-state index is 14.1. The molecule has 0 heterocycles. The molecule has 0 fully saturated rings. The number of rotatable bonds is 11. The number of sulfonamides is 1. The molecule has 0 spiro atoms. The quantitative estimate of drug-likeness (QED) is 0.358. The van der Waals surface area contributed by atoms with Crippen LogP contribution in [0.15, 0.2) is 65.6 Å². The minimum absolute atomic E-state index is 0.0467. The van der Waals surface area contributed by atoms with Gasteiger partial charge in [0.1, 0.15) is 12.6 Å². The van der Waals surface area contributed by atoms with Gasteiger partial charge in [-0.25, -0.2) is 8.42 Å². The molecule has 3 aromatic carbocycles. The molecule has 0 aliphatic heterocycles. The maximum atomic E-state index is 14.1. The molecule has 9 nitrogen and oxygen atoms in total. The number of nitrogens with zero attached hydrogens (tertiary/aromatic N) is 2. The lowest BCUT2D eigenvalue weighted by Gasteiger charge is -2.32. The summed E-state index contributed by atoms with van der Waals surface area (Å²) >= 11 is 6.16. The average Bonchev–Trinajstić information content (AvgIpc) is 2.92. The fourth-order valence-electron chi connectivity index (χ4n) is 4.35. The van der Waals surface area contributed by atoms with E-state index in [0.717, 1.165) is 15.4 Å². The lowest BCUT2D eigenvalue weighted by molar-refractivity contribution is -0.139. The van der Waals surface area contributed by atoms with Crippen LogP contribution < -0.4 is 19.1 Å². The molecular formula is C29H34ClN3O6S. The maximum Gasteiger partial charge on any atom is 0.264 e. The van der Waals surface area contributed by atoms with Crippen molar-refractivity contribution in [2.45, 2.75) is 38.3 Å². The molecule has 0 aliphatic carbocycles. The van der Waals surface area contributed by atoms with E-state index in [2.05, 4.69) is 5.32 Å². The number of hydrogen-bond donors (Lipinski definition) is 1. The van der Waals surface area contributed by atoms with Crippen LogP contribution in [0.3, 0.4) is 0 Å². The predicted octanol–water partition coefficient (Wildman–Crippen LogP) is 4.33. The lowest BCUT2D eigenvalue weighted by Crippen LogP contribution is -2.50. The van der Waals surface area contributed by atoms with Gasteiger partial charge in [0.15, 0.2) is 11.5 Å². The number of anilines is 1. The van der Waals surface area contributed by atoms with Gasteiger partial charge >= 0.3 is 0 Å². The fourth-order valence-corrected chi connectivity index (χ4v) is 5.98. The standard InChI is InChI=1S/C29H34ClN3O6S/c1-19-12-20(2)14-24(13-19)33(40(36,37)25-10-11-26(38-5)27(16-25)39-6)18-28(34)32(21(3)29(35)31-4)17-22-8-7-9-23(30)15-22/h7-16,21H,17-18H2,1-6H3,(H,31,35). The van der Waals surface area contributed by atoms with Crippen molar-refractivity contribution in [3.8, 4) is 11.5 Å². The van der Waals surface area contributed by atoms with Gasteiger partial charge in [-0.3, -0.25) is 13.9 Å².